The summed E-state index contributed by atoms with van der Waals surface area (Å²) >= 11 is 0. The maximum absolute atomic E-state index is 13.1. The number of rotatable bonds is 82. The summed E-state index contributed by atoms with van der Waals surface area (Å²) in [4.78, 5) is 73.1. The Bertz CT molecular complexity index is 2030. The monoisotopic (exact) mass is 1520 g/mol. The highest BCUT2D eigenvalue weighted by molar-refractivity contribution is 7.47. The van der Waals surface area contributed by atoms with E-state index in [9.17, 15) is 43.2 Å². The smallest absolute Gasteiger partial charge is 0.462 e. The maximum atomic E-state index is 13.1. The third kappa shape index (κ3) is 75.5. The minimum atomic E-state index is -4.96. The molecule has 0 aliphatic rings. The number of unbranched alkanes of at least 4 members (excludes halogenated alkanes) is 46. The SMILES string of the molecule is CCC(C)CCCCCCCCCCCCCCCCCCCCC(=O)O[C@H](COC(=O)CCCCCCCCC(C)C)COP(=O)(O)OC[C@H](O)COP(=O)(O)OC[C@@H](COC(=O)CCCCCCCCCCCCC(C)CC)OC(=O)CCCCCCCCCCCCCCCCCCC(C)C. The number of phosphoric ester groups is 2. The van der Waals surface area contributed by atoms with E-state index in [0.717, 1.165) is 114 Å². The molecule has 0 saturated heterocycles. The van der Waals surface area contributed by atoms with Gasteiger partial charge in [0.05, 0.1) is 26.4 Å². The fourth-order valence-electron chi connectivity index (χ4n) is 13.1. The Morgan fingerprint density at radius 1 is 0.269 bits per heavy atom. The van der Waals surface area contributed by atoms with Crippen molar-refractivity contribution in [1.29, 1.82) is 0 Å². The van der Waals surface area contributed by atoms with Crippen molar-refractivity contribution < 1.29 is 80.2 Å². The zero-order valence-corrected chi connectivity index (χ0v) is 70.5. The fraction of sp³-hybridized carbons (Fsp3) is 0.953. The molecular weight excluding hydrogens is 1350 g/mol. The molecular formula is C85H166O17P2. The van der Waals surface area contributed by atoms with E-state index < -0.39 is 97.5 Å². The molecule has 0 bridgehead atoms. The Balaban J connectivity index is 5.18. The third-order valence-electron chi connectivity index (χ3n) is 20.5. The van der Waals surface area contributed by atoms with E-state index in [2.05, 4.69) is 55.4 Å². The number of aliphatic hydroxyl groups is 1. The van der Waals surface area contributed by atoms with Gasteiger partial charge in [-0.1, -0.05) is 389 Å². The summed E-state index contributed by atoms with van der Waals surface area (Å²) < 4.78 is 68.8. The number of ether oxygens (including phenoxy) is 4. The summed E-state index contributed by atoms with van der Waals surface area (Å²) in [5.74, 6) is 1.06. The summed E-state index contributed by atoms with van der Waals surface area (Å²) in [5.41, 5.74) is 0. The Morgan fingerprint density at radius 3 is 0.683 bits per heavy atom. The Kier molecular flexibility index (Phi) is 72.5. The molecule has 7 atom stereocenters. The molecule has 0 aromatic carbocycles. The largest absolute Gasteiger partial charge is 0.472 e. The van der Waals surface area contributed by atoms with Crippen molar-refractivity contribution in [3.8, 4) is 0 Å². The molecule has 0 radical (unpaired) electrons. The Hall–Kier alpha value is -1.94. The van der Waals surface area contributed by atoms with E-state index in [1.165, 1.54) is 238 Å². The van der Waals surface area contributed by atoms with Gasteiger partial charge in [-0.3, -0.25) is 37.3 Å². The van der Waals surface area contributed by atoms with Crippen molar-refractivity contribution in [3.63, 3.8) is 0 Å². The first kappa shape index (κ1) is 102. The van der Waals surface area contributed by atoms with Crippen molar-refractivity contribution >= 4 is 39.5 Å². The average Bonchev–Trinajstić information content (AvgIpc) is 0.915. The molecule has 4 unspecified atom stereocenters. The van der Waals surface area contributed by atoms with Crippen LogP contribution in [0, 0.1) is 23.7 Å². The highest BCUT2D eigenvalue weighted by Crippen LogP contribution is 2.45. The number of hydrogen-bond donors (Lipinski definition) is 3. The van der Waals surface area contributed by atoms with Crippen LogP contribution in [0.5, 0.6) is 0 Å². The van der Waals surface area contributed by atoms with Crippen LogP contribution in [0.2, 0.25) is 0 Å². The Labute approximate surface area is 638 Å². The number of carbonyl (C=O) groups excluding carboxylic acids is 4. The Morgan fingerprint density at radius 2 is 0.462 bits per heavy atom. The van der Waals surface area contributed by atoms with Gasteiger partial charge in [0.25, 0.3) is 0 Å². The molecule has 0 heterocycles. The van der Waals surface area contributed by atoms with Crippen LogP contribution in [0.15, 0.2) is 0 Å². The van der Waals surface area contributed by atoms with Crippen molar-refractivity contribution in [3.05, 3.63) is 0 Å². The van der Waals surface area contributed by atoms with Crippen LogP contribution in [-0.4, -0.2) is 96.7 Å². The summed E-state index contributed by atoms with van der Waals surface area (Å²) in [6, 6.07) is 0. The van der Waals surface area contributed by atoms with Crippen LogP contribution in [0.3, 0.4) is 0 Å². The lowest BCUT2D eigenvalue weighted by Crippen LogP contribution is -2.30. The molecule has 3 N–H and O–H groups in total. The van der Waals surface area contributed by atoms with Gasteiger partial charge >= 0.3 is 39.5 Å². The van der Waals surface area contributed by atoms with E-state index in [0.29, 0.717) is 31.6 Å². The second kappa shape index (κ2) is 73.8. The van der Waals surface area contributed by atoms with Crippen LogP contribution in [-0.2, 0) is 65.4 Å². The van der Waals surface area contributed by atoms with E-state index in [4.69, 9.17) is 37.0 Å². The molecule has 17 nitrogen and oxygen atoms in total. The highest BCUT2D eigenvalue weighted by atomic mass is 31.2. The van der Waals surface area contributed by atoms with E-state index in [-0.39, 0.29) is 25.7 Å². The third-order valence-corrected chi connectivity index (χ3v) is 22.4. The lowest BCUT2D eigenvalue weighted by atomic mass is 9.99. The van der Waals surface area contributed by atoms with Gasteiger partial charge in [-0.15, -0.1) is 0 Å². The van der Waals surface area contributed by atoms with Gasteiger partial charge in [0, 0.05) is 25.7 Å². The van der Waals surface area contributed by atoms with Crippen molar-refractivity contribution in [1.82, 2.24) is 0 Å². The number of carbonyl (C=O) groups is 4. The van der Waals surface area contributed by atoms with Crippen LogP contribution in [0.4, 0.5) is 0 Å². The predicted molar refractivity (Wildman–Crippen MR) is 428 cm³/mol. The first-order valence-corrected chi connectivity index (χ1v) is 46.8. The van der Waals surface area contributed by atoms with E-state index >= 15 is 0 Å². The molecule has 19 heteroatoms. The molecule has 0 amide bonds. The molecule has 0 spiro atoms. The highest BCUT2D eigenvalue weighted by Gasteiger charge is 2.30. The molecule has 0 aromatic rings. The molecule has 0 aliphatic carbocycles. The predicted octanol–water partition coefficient (Wildman–Crippen LogP) is 25.6. The molecule has 0 fully saturated rings. The summed E-state index contributed by atoms with van der Waals surface area (Å²) in [5, 5.41) is 10.7. The molecule has 0 aliphatic heterocycles. The number of esters is 4. The van der Waals surface area contributed by atoms with Gasteiger partial charge in [-0.05, 0) is 49.4 Å². The minimum Gasteiger partial charge on any atom is -0.462 e. The van der Waals surface area contributed by atoms with Crippen molar-refractivity contribution in [2.75, 3.05) is 39.6 Å². The minimum absolute atomic E-state index is 0.107. The first-order chi connectivity index (χ1) is 50.2. The zero-order valence-electron chi connectivity index (χ0n) is 68.7. The topological polar surface area (TPSA) is 237 Å². The zero-order chi connectivity index (χ0) is 76.7. The standard InChI is InChI=1S/C85H166O17P2/c1-9-77(7)63-55-47-38-32-26-22-18-13-11-12-14-19-23-27-35-41-51-60-68-85(90)102-81(72-96-83(88)66-58-50-44-43-46-54-62-76(5)6)74-100-104(93,94)98-70-79(86)69-97-103(91,92)99-73-80(71-95-82(87)65-57-49-40-34-30-29-33-39-48-56-64-78(8)10-2)101-84(89)67-59-52-42-36-28-24-20-16-15-17-21-25-31-37-45-53-61-75(3)4/h75-81,86H,9-74H2,1-8H3,(H,91,92)(H,93,94)/t77?,78?,79-,80-,81-/m1/s1. The average molecular weight is 1520 g/mol. The second-order valence-electron chi connectivity index (χ2n) is 32.0. The van der Waals surface area contributed by atoms with E-state index in [1.54, 1.807) is 0 Å². The van der Waals surface area contributed by atoms with Gasteiger partial charge in [0.1, 0.15) is 19.3 Å². The number of phosphoric acid groups is 2. The number of hydrogen-bond acceptors (Lipinski definition) is 15. The van der Waals surface area contributed by atoms with Gasteiger partial charge in [-0.2, -0.15) is 0 Å². The molecule has 0 saturated carbocycles. The summed E-state index contributed by atoms with van der Waals surface area (Å²) in [7, 11) is -9.93. The van der Waals surface area contributed by atoms with Crippen LogP contribution < -0.4 is 0 Å². The van der Waals surface area contributed by atoms with Gasteiger partial charge < -0.3 is 33.8 Å². The van der Waals surface area contributed by atoms with Gasteiger partial charge in [0.15, 0.2) is 12.2 Å². The lowest BCUT2D eigenvalue weighted by molar-refractivity contribution is -0.161. The fourth-order valence-corrected chi connectivity index (χ4v) is 14.7. The second-order valence-corrected chi connectivity index (χ2v) is 34.9. The summed E-state index contributed by atoms with van der Waals surface area (Å²) in [6.07, 6.45) is 62.6. The van der Waals surface area contributed by atoms with Gasteiger partial charge in [0.2, 0.25) is 0 Å². The van der Waals surface area contributed by atoms with Crippen LogP contribution in [0.25, 0.3) is 0 Å². The van der Waals surface area contributed by atoms with Gasteiger partial charge in [-0.25, -0.2) is 9.13 Å². The van der Waals surface area contributed by atoms with Crippen LogP contribution >= 0.6 is 15.6 Å². The first-order valence-electron chi connectivity index (χ1n) is 43.8. The van der Waals surface area contributed by atoms with Crippen molar-refractivity contribution in [2.24, 2.45) is 23.7 Å². The molecule has 0 aromatic heterocycles. The van der Waals surface area contributed by atoms with Crippen molar-refractivity contribution in [2.45, 2.75) is 459 Å². The lowest BCUT2D eigenvalue weighted by Gasteiger charge is -2.21. The quantitative estimate of drug-likeness (QED) is 0.0222. The molecule has 618 valence electrons. The summed E-state index contributed by atoms with van der Waals surface area (Å²) in [6.45, 7) is 14.3. The number of aliphatic hydroxyl groups excluding tert-OH is 1. The molecule has 104 heavy (non-hydrogen) atoms. The molecule has 0 rings (SSSR count). The van der Waals surface area contributed by atoms with E-state index in [1.807, 2.05) is 0 Å². The normalized spacial score (nSPS) is 14.5. The maximum Gasteiger partial charge on any atom is 0.472 e. The van der Waals surface area contributed by atoms with Crippen LogP contribution in [0.1, 0.15) is 441 Å².